The molecule has 0 radical (unpaired) electrons. The lowest BCUT2D eigenvalue weighted by atomic mass is 10.0. The molecule has 1 amide bonds. The highest BCUT2D eigenvalue weighted by atomic mass is 16.2. The number of nitrogens with one attached hydrogen (secondary N) is 1. The van der Waals surface area contributed by atoms with Gasteiger partial charge in [-0.1, -0.05) is 59.6 Å². The van der Waals surface area contributed by atoms with Crippen molar-refractivity contribution in [3.63, 3.8) is 0 Å². The number of allylic oxidation sites excluding steroid dienone is 3. The van der Waals surface area contributed by atoms with Gasteiger partial charge in [0.05, 0.1) is 11.4 Å². The fourth-order valence-corrected chi connectivity index (χ4v) is 2.41. The van der Waals surface area contributed by atoms with E-state index in [0.29, 0.717) is 0 Å². The van der Waals surface area contributed by atoms with Crippen LogP contribution in [0.1, 0.15) is 73.6 Å². The maximum Gasteiger partial charge on any atom is 0.247 e. The highest BCUT2D eigenvalue weighted by molar-refractivity contribution is 5.85. The molecule has 2 N–H and O–H groups in total. The summed E-state index contributed by atoms with van der Waals surface area (Å²) in [6, 6.07) is -0.0496. The molecule has 4 nitrogen and oxygen atoms in total. The first-order chi connectivity index (χ1) is 12.0. The maximum atomic E-state index is 12.2. The summed E-state index contributed by atoms with van der Waals surface area (Å²) in [6.07, 6.45) is 11.2. The number of aliphatic hydroxyl groups is 1. The molecule has 146 valence electrons. The van der Waals surface area contributed by atoms with Crippen molar-refractivity contribution in [3.05, 3.63) is 36.2 Å². The van der Waals surface area contributed by atoms with Crippen LogP contribution in [0.5, 0.6) is 0 Å². The first-order valence-electron chi connectivity index (χ1n) is 9.70. The van der Waals surface area contributed by atoms with E-state index in [4.69, 9.17) is 5.11 Å². The second-order valence-corrected chi connectivity index (χ2v) is 5.87. The van der Waals surface area contributed by atoms with Crippen molar-refractivity contribution >= 4 is 5.91 Å². The van der Waals surface area contributed by atoms with Crippen molar-refractivity contribution < 1.29 is 9.90 Å². The molecule has 0 saturated carbocycles. The largest absolute Gasteiger partial charge is 0.397 e. The first-order valence-corrected chi connectivity index (χ1v) is 9.70. The predicted octanol–water partition coefficient (Wildman–Crippen LogP) is 4.78. The summed E-state index contributed by atoms with van der Waals surface area (Å²) in [7, 11) is 0. The molecule has 25 heavy (non-hydrogen) atoms. The van der Waals surface area contributed by atoms with Crippen LogP contribution in [-0.4, -0.2) is 35.1 Å². The van der Waals surface area contributed by atoms with Crippen molar-refractivity contribution in [2.45, 2.75) is 79.7 Å². The van der Waals surface area contributed by atoms with Gasteiger partial charge in [-0.15, -0.1) is 0 Å². The van der Waals surface area contributed by atoms with Crippen molar-refractivity contribution in [2.24, 2.45) is 0 Å². The van der Waals surface area contributed by atoms with E-state index in [1.165, 1.54) is 6.42 Å². The number of amides is 1. The quantitative estimate of drug-likeness (QED) is 0.693. The first kappa shape index (κ1) is 25.7. The summed E-state index contributed by atoms with van der Waals surface area (Å²) in [5.41, 5.74) is 1.91. The van der Waals surface area contributed by atoms with Crippen LogP contribution >= 0.6 is 0 Å². The number of carbonyl (C=O) groups is 1. The van der Waals surface area contributed by atoms with Gasteiger partial charge in [0, 0.05) is 13.2 Å². The summed E-state index contributed by atoms with van der Waals surface area (Å²) in [4.78, 5) is 14.5. The van der Waals surface area contributed by atoms with Gasteiger partial charge < -0.3 is 15.3 Å². The van der Waals surface area contributed by atoms with Crippen LogP contribution in [0.15, 0.2) is 36.2 Å². The van der Waals surface area contributed by atoms with Gasteiger partial charge in [-0.05, 0) is 38.8 Å². The number of nitrogens with zero attached hydrogens (tertiary/aromatic N) is 1. The van der Waals surface area contributed by atoms with Crippen molar-refractivity contribution in [3.8, 4) is 0 Å². The molecule has 1 aliphatic rings. The second-order valence-electron chi connectivity index (χ2n) is 5.87. The normalized spacial score (nSPS) is 16.7. The van der Waals surface area contributed by atoms with Gasteiger partial charge >= 0.3 is 0 Å². The Bertz CT molecular complexity index is 412. The average Bonchev–Trinajstić information content (AvgIpc) is 2.58. The summed E-state index contributed by atoms with van der Waals surface area (Å²) in [6.45, 7) is 17.2. The molecule has 1 heterocycles. The van der Waals surface area contributed by atoms with Crippen LogP contribution in [0.25, 0.3) is 0 Å². The predicted molar refractivity (Wildman–Crippen MR) is 109 cm³/mol. The molecule has 0 aliphatic carbocycles. The molecule has 0 aromatic heterocycles. The van der Waals surface area contributed by atoms with Crippen LogP contribution < -0.4 is 5.32 Å². The molecule has 0 fully saturated rings. The minimum atomic E-state index is -0.0496. The third kappa shape index (κ3) is 10.1. The third-order valence-corrected chi connectivity index (χ3v) is 3.37. The Kier molecular flexibility index (Phi) is 17.8. The SMILES string of the molecule is C=CC1=C(/C=C\C)N(CCCC)C(CCC)C(=O)N1.CCC.CCO. The van der Waals surface area contributed by atoms with Gasteiger partial charge in [0.1, 0.15) is 6.04 Å². The van der Waals surface area contributed by atoms with Gasteiger partial charge in [0.25, 0.3) is 0 Å². The lowest BCUT2D eigenvalue weighted by molar-refractivity contribution is -0.126. The summed E-state index contributed by atoms with van der Waals surface area (Å²) < 4.78 is 0. The Balaban J connectivity index is 0. The Labute approximate surface area is 155 Å². The second kappa shape index (κ2) is 17.3. The zero-order valence-electron chi connectivity index (χ0n) is 17.3. The molecule has 0 bridgehead atoms. The van der Waals surface area contributed by atoms with E-state index < -0.39 is 0 Å². The monoisotopic (exact) mass is 352 g/mol. The van der Waals surface area contributed by atoms with Crippen molar-refractivity contribution in [1.29, 1.82) is 0 Å². The third-order valence-electron chi connectivity index (χ3n) is 3.37. The lowest BCUT2D eigenvalue weighted by Gasteiger charge is -2.38. The minimum absolute atomic E-state index is 0.0496. The van der Waals surface area contributed by atoms with Crippen LogP contribution in [0, 0.1) is 0 Å². The topological polar surface area (TPSA) is 52.6 Å². The van der Waals surface area contributed by atoms with Crippen molar-refractivity contribution in [2.75, 3.05) is 13.2 Å². The average molecular weight is 353 g/mol. The van der Waals surface area contributed by atoms with Crippen LogP contribution in [-0.2, 0) is 4.79 Å². The molecule has 0 spiro atoms. The molecule has 0 aromatic rings. The number of hydrogen-bond acceptors (Lipinski definition) is 3. The molecule has 1 aliphatic heterocycles. The van der Waals surface area contributed by atoms with E-state index in [-0.39, 0.29) is 18.6 Å². The Hall–Kier alpha value is -1.55. The zero-order valence-corrected chi connectivity index (χ0v) is 17.3. The van der Waals surface area contributed by atoms with E-state index in [9.17, 15) is 4.79 Å². The maximum absolute atomic E-state index is 12.2. The Morgan fingerprint density at radius 2 is 1.76 bits per heavy atom. The summed E-state index contributed by atoms with van der Waals surface area (Å²) in [5, 5.41) is 10.5. The van der Waals surface area contributed by atoms with E-state index in [2.05, 4.69) is 50.6 Å². The molecular weight excluding hydrogens is 312 g/mol. The smallest absolute Gasteiger partial charge is 0.247 e. The molecule has 1 unspecified atom stereocenters. The van der Waals surface area contributed by atoms with Crippen molar-refractivity contribution in [1.82, 2.24) is 10.2 Å². The molecule has 0 saturated heterocycles. The molecule has 4 heteroatoms. The molecule has 1 rings (SSSR count). The van der Waals surface area contributed by atoms with Gasteiger partial charge in [0.2, 0.25) is 5.91 Å². The van der Waals surface area contributed by atoms with Crippen LogP contribution in [0.3, 0.4) is 0 Å². The van der Waals surface area contributed by atoms with E-state index >= 15 is 0 Å². The van der Waals surface area contributed by atoms with E-state index in [0.717, 1.165) is 43.6 Å². The lowest BCUT2D eigenvalue weighted by Crippen LogP contribution is -2.51. The number of carbonyl (C=O) groups excluding carboxylic acids is 1. The van der Waals surface area contributed by atoms with Gasteiger partial charge in [-0.3, -0.25) is 4.79 Å². The van der Waals surface area contributed by atoms with Gasteiger partial charge in [-0.25, -0.2) is 0 Å². The minimum Gasteiger partial charge on any atom is -0.397 e. The summed E-state index contributed by atoms with van der Waals surface area (Å²) >= 11 is 0. The highest BCUT2D eigenvalue weighted by Crippen LogP contribution is 2.24. The fourth-order valence-electron chi connectivity index (χ4n) is 2.41. The van der Waals surface area contributed by atoms with Gasteiger partial charge in [-0.2, -0.15) is 0 Å². The van der Waals surface area contributed by atoms with Gasteiger partial charge in [0.15, 0.2) is 0 Å². The fraction of sp³-hybridized carbons (Fsp3) is 0.667. The highest BCUT2D eigenvalue weighted by Gasteiger charge is 2.31. The number of hydrogen-bond donors (Lipinski definition) is 2. The van der Waals surface area contributed by atoms with Crippen LogP contribution in [0.2, 0.25) is 0 Å². The van der Waals surface area contributed by atoms with Crippen LogP contribution in [0.4, 0.5) is 0 Å². The number of aliphatic hydroxyl groups excluding tert-OH is 1. The molecule has 0 aromatic carbocycles. The molecule has 1 atom stereocenters. The molecular formula is C21H40N2O2. The number of rotatable bonds is 7. The standard InChI is InChI=1S/C16H26N2O.C3H8.C2H6O/c1-5-9-12-18-14(10-6-2)13(8-4)17-16(19)15(18)11-7-3;1-3-2;1-2-3/h6,8,10,15H,4-5,7,9,11-12H2,1-3H3,(H,17,19);3H2,1-2H3;3H,2H2,1H3/b10-6-;;. The van der Waals surface area contributed by atoms with E-state index in [1.807, 2.05) is 13.0 Å². The number of unbranched alkanes of at least 4 members (excludes halogenated alkanes) is 1. The Morgan fingerprint density at radius 1 is 1.20 bits per heavy atom. The van der Waals surface area contributed by atoms with E-state index in [1.54, 1.807) is 13.0 Å². The Morgan fingerprint density at radius 3 is 2.16 bits per heavy atom. The summed E-state index contributed by atoms with van der Waals surface area (Å²) in [5.74, 6) is 0.0982. The zero-order chi connectivity index (χ0) is 19.7.